The van der Waals surface area contributed by atoms with Gasteiger partial charge in [-0.05, 0) is 38.2 Å². The van der Waals surface area contributed by atoms with Crippen molar-refractivity contribution in [3.63, 3.8) is 0 Å². The van der Waals surface area contributed by atoms with E-state index in [1.54, 1.807) is 22.3 Å². The number of rotatable bonds is 0. The second kappa shape index (κ2) is 3.48. The van der Waals surface area contributed by atoms with Gasteiger partial charge in [0.05, 0.1) is 0 Å². The molecule has 3 aliphatic rings. The molecule has 16 heavy (non-hydrogen) atoms. The highest BCUT2D eigenvalue weighted by Gasteiger charge is 2.35. The molecule has 0 spiro atoms. The smallest absolute Gasteiger partial charge is 0.00762 e. The average molecular weight is 211 g/mol. The zero-order valence-corrected chi connectivity index (χ0v) is 10.3. The van der Waals surface area contributed by atoms with Crippen molar-refractivity contribution in [2.75, 3.05) is 0 Å². The Kier molecular flexibility index (Phi) is 2.20. The maximum atomic E-state index is 3.41. The van der Waals surface area contributed by atoms with E-state index in [9.17, 15) is 0 Å². The summed E-state index contributed by atoms with van der Waals surface area (Å²) in [5.74, 6) is 0. The maximum Gasteiger partial charge on any atom is 0.00762 e. The monoisotopic (exact) mass is 211 g/mol. The minimum absolute atomic E-state index is 0.287. The molecule has 0 aromatic rings. The molecule has 83 valence electrons. The quantitative estimate of drug-likeness (QED) is 0.517. The van der Waals surface area contributed by atoms with E-state index in [-0.39, 0.29) is 5.41 Å². The normalized spacial score (nSPS) is 26.9. The Labute approximate surface area is 98.4 Å². The van der Waals surface area contributed by atoms with E-state index < -0.39 is 0 Å². The zero-order valence-electron chi connectivity index (χ0n) is 10.3. The molecule has 0 unspecified atom stereocenters. The topological polar surface area (TPSA) is 0 Å². The van der Waals surface area contributed by atoms with Gasteiger partial charge in [0.15, 0.2) is 0 Å². The number of allylic oxidation sites excluding steroid dienone is 8. The second-order valence-corrected chi connectivity index (χ2v) is 5.63. The van der Waals surface area contributed by atoms with Gasteiger partial charge in [-0.3, -0.25) is 0 Å². The Balaban J connectivity index is 2.03. The summed E-state index contributed by atoms with van der Waals surface area (Å²) in [5, 5.41) is 0. The molecule has 3 rings (SSSR count). The molecule has 0 bridgehead atoms. The van der Waals surface area contributed by atoms with Gasteiger partial charge in [-0.25, -0.2) is 0 Å². The molecule has 3 aliphatic carbocycles. The molecule has 0 N–H and O–H groups in total. The third-order valence-electron chi connectivity index (χ3n) is 4.41. The van der Waals surface area contributed by atoms with Gasteiger partial charge >= 0.3 is 0 Å². The highest BCUT2D eigenvalue weighted by Crippen LogP contribution is 2.50. The molecule has 0 atom stereocenters. The van der Waals surface area contributed by atoms with Crippen molar-refractivity contribution in [2.24, 2.45) is 5.41 Å². The molecule has 0 heteroatoms. The fourth-order valence-corrected chi connectivity index (χ4v) is 3.47. The van der Waals surface area contributed by atoms with Crippen LogP contribution in [-0.4, -0.2) is 0 Å². The van der Waals surface area contributed by atoms with Crippen molar-refractivity contribution in [1.82, 2.24) is 0 Å². The third kappa shape index (κ3) is 1.36. The molecule has 0 aromatic heterocycles. The van der Waals surface area contributed by atoms with Crippen molar-refractivity contribution < 1.29 is 0 Å². The highest BCUT2D eigenvalue weighted by atomic mass is 14.4. The van der Waals surface area contributed by atoms with E-state index in [4.69, 9.17) is 0 Å². The summed E-state index contributed by atoms with van der Waals surface area (Å²) in [4.78, 5) is 0. The molecule has 0 nitrogen and oxygen atoms in total. The molecule has 0 aromatic carbocycles. The van der Waals surface area contributed by atoms with Crippen molar-refractivity contribution >= 4 is 0 Å². The lowest BCUT2D eigenvalue weighted by molar-refractivity contribution is 0.477. The van der Waals surface area contributed by atoms with E-state index in [1.807, 2.05) is 0 Å². The van der Waals surface area contributed by atoms with Crippen molar-refractivity contribution in [2.45, 2.75) is 46.0 Å². The van der Waals surface area contributed by atoms with E-state index in [2.05, 4.69) is 38.2 Å². The summed E-state index contributed by atoms with van der Waals surface area (Å²) < 4.78 is 0. The van der Waals surface area contributed by atoms with Crippen LogP contribution in [0.25, 0.3) is 0 Å². The summed E-state index contributed by atoms with van der Waals surface area (Å²) in [6.45, 7) is 4.81. The van der Waals surface area contributed by atoms with Gasteiger partial charge in [0.25, 0.3) is 0 Å². The van der Waals surface area contributed by atoms with Crippen LogP contribution in [0.2, 0.25) is 0 Å². The fraction of sp³-hybridized carbons (Fsp3) is 0.500. The Morgan fingerprint density at radius 1 is 1.00 bits per heavy atom. The molecular weight excluding hydrogens is 192 g/mol. The van der Waals surface area contributed by atoms with E-state index >= 15 is 0 Å². The molecule has 1 radical (unpaired) electrons. The van der Waals surface area contributed by atoms with Gasteiger partial charge in [0.1, 0.15) is 0 Å². The molecule has 0 saturated heterocycles. The SMILES string of the molecule is CC1(C)C2=C(CC=[C]C2)CC2=C1CC=CC2. The first kappa shape index (κ1) is 10.1. The van der Waals surface area contributed by atoms with E-state index in [0.717, 1.165) is 12.8 Å². The lowest BCUT2D eigenvalue weighted by Gasteiger charge is -2.41. The van der Waals surface area contributed by atoms with Gasteiger partial charge in [0, 0.05) is 5.41 Å². The zero-order chi connectivity index (χ0) is 11.2. The summed E-state index contributed by atoms with van der Waals surface area (Å²) in [7, 11) is 0. The van der Waals surface area contributed by atoms with Crippen LogP contribution in [0, 0.1) is 11.5 Å². The Bertz CT molecular complexity index is 399. The molecular formula is C16H19. The number of hydrogen-bond donors (Lipinski definition) is 0. The first-order valence-corrected chi connectivity index (χ1v) is 6.32. The van der Waals surface area contributed by atoms with Crippen LogP contribution >= 0.6 is 0 Å². The van der Waals surface area contributed by atoms with Crippen LogP contribution in [0.3, 0.4) is 0 Å². The Hall–Kier alpha value is -1.04. The second-order valence-electron chi connectivity index (χ2n) is 5.63. The summed E-state index contributed by atoms with van der Waals surface area (Å²) in [6.07, 6.45) is 16.1. The van der Waals surface area contributed by atoms with Crippen molar-refractivity contribution in [3.05, 3.63) is 46.6 Å². The molecule has 0 aliphatic heterocycles. The van der Waals surface area contributed by atoms with Gasteiger partial charge < -0.3 is 0 Å². The average Bonchev–Trinajstić information content (AvgIpc) is 2.29. The predicted octanol–water partition coefficient (Wildman–Crippen LogP) is 4.51. The number of hydrogen-bond acceptors (Lipinski definition) is 0. The van der Waals surface area contributed by atoms with Crippen LogP contribution in [-0.2, 0) is 0 Å². The fourth-order valence-electron chi connectivity index (χ4n) is 3.47. The standard InChI is InChI=1S/C16H19/c1-16(2)14-9-5-3-7-12(14)11-13-8-4-6-10-15(13)16/h3-5H,7-11H2,1-2H3. The summed E-state index contributed by atoms with van der Waals surface area (Å²) in [5.41, 5.74) is 7.01. The van der Waals surface area contributed by atoms with Crippen molar-refractivity contribution in [1.29, 1.82) is 0 Å². The minimum atomic E-state index is 0.287. The van der Waals surface area contributed by atoms with E-state index in [1.165, 1.54) is 19.3 Å². The molecule has 0 fully saturated rings. The van der Waals surface area contributed by atoms with E-state index in [0.29, 0.717) is 0 Å². The largest absolute Gasteiger partial charge is 0.0841 e. The highest BCUT2D eigenvalue weighted by molar-refractivity contribution is 5.46. The van der Waals surface area contributed by atoms with Gasteiger partial charge in [-0.2, -0.15) is 0 Å². The maximum absolute atomic E-state index is 3.41. The first-order valence-electron chi connectivity index (χ1n) is 6.32. The summed E-state index contributed by atoms with van der Waals surface area (Å²) in [6, 6.07) is 0. The minimum Gasteiger partial charge on any atom is -0.0841 e. The van der Waals surface area contributed by atoms with Crippen LogP contribution in [0.1, 0.15) is 46.0 Å². The Morgan fingerprint density at radius 2 is 1.75 bits per heavy atom. The van der Waals surface area contributed by atoms with Gasteiger partial charge in [-0.1, -0.05) is 54.4 Å². The van der Waals surface area contributed by atoms with Gasteiger partial charge in [0.2, 0.25) is 0 Å². The van der Waals surface area contributed by atoms with Crippen LogP contribution in [0.4, 0.5) is 0 Å². The molecule has 0 amide bonds. The predicted molar refractivity (Wildman–Crippen MR) is 67.9 cm³/mol. The lowest BCUT2D eigenvalue weighted by Crippen LogP contribution is -2.26. The van der Waals surface area contributed by atoms with Crippen LogP contribution in [0.15, 0.2) is 40.5 Å². The molecule has 0 heterocycles. The van der Waals surface area contributed by atoms with Crippen LogP contribution in [0.5, 0.6) is 0 Å². The van der Waals surface area contributed by atoms with Gasteiger partial charge in [-0.15, -0.1) is 0 Å². The van der Waals surface area contributed by atoms with Crippen LogP contribution < -0.4 is 0 Å². The summed E-state index contributed by atoms with van der Waals surface area (Å²) >= 11 is 0. The van der Waals surface area contributed by atoms with Crippen molar-refractivity contribution in [3.8, 4) is 0 Å². The first-order chi connectivity index (χ1) is 7.69. The molecule has 0 saturated carbocycles. The lowest BCUT2D eigenvalue weighted by atomic mass is 9.64. The Morgan fingerprint density at radius 3 is 2.62 bits per heavy atom. The third-order valence-corrected chi connectivity index (χ3v) is 4.41.